The van der Waals surface area contributed by atoms with Crippen LogP contribution in [0.5, 0.6) is 11.5 Å². The van der Waals surface area contributed by atoms with E-state index in [2.05, 4.69) is 25.6 Å². The Hall–Kier alpha value is -4.66. The standard InChI is InChI=1S/C24H22N6O3/c1-32-19-13-17(28-23(31)15-5-8-26-9-6-15)12-18(14-19)29-24-27-10-7-21(30-24)16-3-4-22(33-2)20(25)11-16/h3-14H,25H2,1-2H3,(H,28,31)(H,27,29,30). The minimum Gasteiger partial charge on any atom is -0.497 e. The first-order valence-electron chi connectivity index (χ1n) is 10.00. The molecule has 9 heteroatoms. The number of benzene rings is 2. The molecule has 2 aromatic heterocycles. The topological polar surface area (TPSA) is 124 Å². The second kappa shape index (κ2) is 9.65. The average molecular weight is 442 g/mol. The molecule has 0 unspecified atom stereocenters. The van der Waals surface area contributed by atoms with Crippen LogP contribution >= 0.6 is 0 Å². The zero-order chi connectivity index (χ0) is 23.2. The van der Waals surface area contributed by atoms with Crippen LogP contribution in [0.1, 0.15) is 10.4 Å². The smallest absolute Gasteiger partial charge is 0.255 e. The van der Waals surface area contributed by atoms with Gasteiger partial charge in [0, 0.05) is 53.2 Å². The average Bonchev–Trinajstić information content (AvgIpc) is 2.84. The van der Waals surface area contributed by atoms with Gasteiger partial charge < -0.3 is 25.8 Å². The predicted molar refractivity (Wildman–Crippen MR) is 127 cm³/mol. The van der Waals surface area contributed by atoms with Crippen molar-refractivity contribution in [2.24, 2.45) is 0 Å². The fourth-order valence-electron chi connectivity index (χ4n) is 3.17. The number of rotatable bonds is 7. The minimum absolute atomic E-state index is 0.257. The highest BCUT2D eigenvalue weighted by Crippen LogP contribution is 2.29. The van der Waals surface area contributed by atoms with Crippen molar-refractivity contribution in [3.63, 3.8) is 0 Å². The van der Waals surface area contributed by atoms with Gasteiger partial charge in [-0.15, -0.1) is 0 Å². The number of aromatic nitrogens is 3. The Labute approximate surface area is 190 Å². The number of pyridine rings is 1. The highest BCUT2D eigenvalue weighted by atomic mass is 16.5. The largest absolute Gasteiger partial charge is 0.497 e. The molecule has 1 amide bonds. The summed E-state index contributed by atoms with van der Waals surface area (Å²) in [6.07, 6.45) is 4.78. The quantitative estimate of drug-likeness (QED) is 0.365. The van der Waals surface area contributed by atoms with E-state index in [0.29, 0.717) is 45.8 Å². The van der Waals surface area contributed by atoms with E-state index in [0.717, 1.165) is 5.56 Å². The molecule has 0 bridgehead atoms. The molecule has 4 aromatic rings. The van der Waals surface area contributed by atoms with Crippen molar-refractivity contribution in [3.05, 3.63) is 78.8 Å². The molecule has 4 N–H and O–H groups in total. The number of nitrogens with zero attached hydrogens (tertiary/aromatic N) is 3. The fraction of sp³-hybridized carbons (Fsp3) is 0.0833. The van der Waals surface area contributed by atoms with Gasteiger partial charge in [-0.1, -0.05) is 0 Å². The Morgan fingerprint density at radius 2 is 1.70 bits per heavy atom. The number of carbonyl (C=O) groups excluding carboxylic acids is 1. The summed E-state index contributed by atoms with van der Waals surface area (Å²) in [7, 11) is 3.12. The van der Waals surface area contributed by atoms with E-state index in [1.807, 2.05) is 6.07 Å². The van der Waals surface area contributed by atoms with Crippen molar-refractivity contribution in [1.82, 2.24) is 15.0 Å². The molecular formula is C24H22N6O3. The lowest BCUT2D eigenvalue weighted by molar-refractivity contribution is 0.102. The third kappa shape index (κ3) is 5.16. The summed E-state index contributed by atoms with van der Waals surface area (Å²) in [4.78, 5) is 25.3. The van der Waals surface area contributed by atoms with Gasteiger partial charge in [0.2, 0.25) is 5.95 Å². The third-order valence-electron chi connectivity index (χ3n) is 4.78. The number of amides is 1. The van der Waals surface area contributed by atoms with Crippen LogP contribution in [0.3, 0.4) is 0 Å². The lowest BCUT2D eigenvalue weighted by Gasteiger charge is -2.12. The molecule has 33 heavy (non-hydrogen) atoms. The summed E-state index contributed by atoms with van der Waals surface area (Å²) in [5, 5.41) is 6.02. The summed E-state index contributed by atoms with van der Waals surface area (Å²) in [6.45, 7) is 0. The van der Waals surface area contributed by atoms with E-state index in [-0.39, 0.29) is 5.91 Å². The lowest BCUT2D eigenvalue weighted by atomic mass is 10.1. The van der Waals surface area contributed by atoms with Crippen molar-refractivity contribution in [2.75, 3.05) is 30.6 Å². The normalized spacial score (nSPS) is 10.4. The number of nitrogen functional groups attached to an aromatic ring is 1. The molecule has 0 fully saturated rings. The molecule has 166 valence electrons. The van der Waals surface area contributed by atoms with Gasteiger partial charge in [-0.2, -0.15) is 0 Å². The van der Waals surface area contributed by atoms with E-state index < -0.39 is 0 Å². The van der Waals surface area contributed by atoms with E-state index in [9.17, 15) is 4.79 Å². The van der Waals surface area contributed by atoms with Crippen molar-refractivity contribution < 1.29 is 14.3 Å². The van der Waals surface area contributed by atoms with Crippen LogP contribution in [0.25, 0.3) is 11.3 Å². The molecule has 0 saturated carbocycles. The second-order valence-electron chi connectivity index (χ2n) is 6.99. The van der Waals surface area contributed by atoms with E-state index in [1.54, 1.807) is 81.3 Å². The molecule has 2 heterocycles. The molecule has 2 aromatic carbocycles. The molecule has 0 saturated heterocycles. The minimum atomic E-state index is -0.257. The molecule has 0 aliphatic heterocycles. The first-order valence-corrected chi connectivity index (χ1v) is 10.00. The maximum absolute atomic E-state index is 12.5. The van der Waals surface area contributed by atoms with Crippen molar-refractivity contribution >= 4 is 28.9 Å². The summed E-state index contributed by atoms with van der Waals surface area (Å²) in [5.41, 5.74) is 9.76. The Morgan fingerprint density at radius 3 is 2.42 bits per heavy atom. The van der Waals surface area contributed by atoms with Gasteiger partial charge in [0.1, 0.15) is 11.5 Å². The molecule has 9 nitrogen and oxygen atoms in total. The van der Waals surface area contributed by atoms with Crippen LogP contribution in [-0.4, -0.2) is 35.1 Å². The van der Waals surface area contributed by atoms with Gasteiger partial charge in [0.05, 0.1) is 25.6 Å². The van der Waals surface area contributed by atoms with Crippen LogP contribution in [0, 0.1) is 0 Å². The Morgan fingerprint density at radius 1 is 0.909 bits per heavy atom. The maximum Gasteiger partial charge on any atom is 0.255 e. The second-order valence-corrected chi connectivity index (χ2v) is 6.99. The molecule has 0 aliphatic rings. The Kier molecular flexibility index (Phi) is 6.31. The molecule has 0 atom stereocenters. The molecule has 4 rings (SSSR count). The fourth-order valence-corrected chi connectivity index (χ4v) is 3.17. The summed E-state index contributed by atoms with van der Waals surface area (Å²) < 4.78 is 10.6. The zero-order valence-electron chi connectivity index (χ0n) is 18.1. The Balaban J connectivity index is 1.57. The Bertz CT molecular complexity index is 1280. The highest BCUT2D eigenvalue weighted by Gasteiger charge is 2.10. The highest BCUT2D eigenvalue weighted by molar-refractivity contribution is 6.04. The third-order valence-corrected chi connectivity index (χ3v) is 4.78. The number of hydrogen-bond donors (Lipinski definition) is 3. The van der Waals surface area contributed by atoms with Crippen LogP contribution in [0.2, 0.25) is 0 Å². The zero-order valence-corrected chi connectivity index (χ0v) is 18.1. The number of hydrogen-bond acceptors (Lipinski definition) is 8. The van der Waals surface area contributed by atoms with Crippen LogP contribution in [0.15, 0.2) is 73.2 Å². The molecule has 0 aliphatic carbocycles. The molecule has 0 radical (unpaired) electrons. The van der Waals surface area contributed by atoms with Gasteiger partial charge >= 0.3 is 0 Å². The number of carbonyl (C=O) groups is 1. The van der Waals surface area contributed by atoms with Crippen molar-refractivity contribution in [2.45, 2.75) is 0 Å². The SMILES string of the molecule is COc1cc(NC(=O)c2ccncc2)cc(Nc2nccc(-c3ccc(OC)c(N)c3)n2)c1. The van der Waals surface area contributed by atoms with Gasteiger partial charge in [-0.3, -0.25) is 9.78 Å². The summed E-state index contributed by atoms with van der Waals surface area (Å²) >= 11 is 0. The number of ether oxygens (including phenoxy) is 2. The van der Waals surface area contributed by atoms with Crippen LogP contribution < -0.4 is 25.8 Å². The first-order chi connectivity index (χ1) is 16.1. The van der Waals surface area contributed by atoms with E-state index in [4.69, 9.17) is 15.2 Å². The van der Waals surface area contributed by atoms with Gasteiger partial charge in [-0.05, 0) is 42.5 Å². The monoisotopic (exact) mass is 442 g/mol. The van der Waals surface area contributed by atoms with Gasteiger partial charge in [0.15, 0.2) is 0 Å². The number of nitrogens with one attached hydrogen (secondary N) is 2. The van der Waals surface area contributed by atoms with Gasteiger partial charge in [0.25, 0.3) is 5.91 Å². The van der Waals surface area contributed by atoms with Crippen molar-refractivity contribution in [1.29, 1.82) is 0 Å². The first kappa shape index (κ1) is 21.6. The van der Waals surface area contributed by atoms with Crippen molar-refractivity contribution in [3.8, 4) is 22.8 Å². The van der Waals surface area contributed by atoms with E-state index >= 15 is 0 Å². The number of anilines is 4. The number of methoxy groups -OCH3 is 2. The molecular weight excluding hydrogens is 420 g/mol. The van der Waals surface area contributed by atoms with Crippen LogP contribution in [0.4, 0.5) is 23.0 Å². The summed E-state index contributed by atoms with van der Waals surface area (Å²) in [6, 6.07) is 15.8. The maximum atomic E-state index is 12.5. The van der Waals surface area contributed by atoms with Gasteiger partial charge in [-0.25, -0.2) is 9.97 Å². The predicted octanol–water partition coefficient (Wildman–Crippen LogP) is 4.13. The molecule has 0 spiro atoms. The van der Waals surface area contributed by atoms with Crippen LogP contribution in [-0.2, 0) is 0 Å². The summed E-state index contributed by atoms with van der Waals surface area (Å²) in [5.74, 6) is 1.28. The van der Waals surface area contributed by atoms with E-state index in [1.165, 1.54) is 0 Å². The lowest BCUT2D eigenvalue weighted by Crippen LogP contribution is -2.12. The number of nitrogens with two attached hydrogens (primary N) is 1.